The Hall–Kier alpha value is -2.33. The highest BCUT2D eigenvalue weighted by molar-refractivity contribution is 7.80. The first-order chi connectivity index (χ1) is 12.7. The molecule has 0 spiro atoms. The Morgan fingerprint density at radius 1 is 1.12 bits per heavy atom. The van der Waals surface area contributed by atoms with E-state index in [9.17, 15) is 0 Å². The molecular weight excluding hydrogens is 338 g/mol. The number of aromatic nitrogens is 1. The molecule has 2 aromatic carbocycles. The van der Waals surface area contributed by atoms with Gasteiger partial charge in [0.1, 0.15) is 0 Å². The number of aryl methyl sites for hydroxylation is 2. The zero-order chi connectivity index (χ0) is 17.7. The molecule has 1 N–H and O–H groups in total. The number of thiocarbonyl (C=S) groups is 1. The number of benzene rings is 2. The molecule has 0 bridgehead atoms. The van der Waals surface area contributed by atoms with Crippen LogP contribution in [0.15, 0.2) is 48.5 Å². The molecule has 1 aromatic heterocycles. The maximum atomic E-state index is 5.80. The molecule has 0 amide bonds. The highest BCUT2D eigenvalue weighted by Crippen LogP contribution is 2.42. The SMILES string of the molecule is Cc1ccc2c(c1)c1c3n2CCN(C(=S)Nc2ccccc2)C3CCC1. The standard InChI is InChI=1S/C22H23N3S/c1-15-10-11-19-18(14-15)17-8-5-9-20-21(17)24(19)12-13-25(20)22(26)23-16-6-3-2-4-7-16/h2-4,6-7,10-11,14,20H,5,8-9,12-13H2,1H3,(H,23,26). The van der Waals surface area contributed by atoms with Gasteiger partial charge in [-0.05, 0) is 68.2 Å². The molecule has 2 heterocycles. The number of nitrogens with one attached hydrogen (secondary N) is 1. The van der Waals surface area contributed by atoms with Crippen LogP contribution in [0.2, 0.25) is 0 Å². The molecule has 1 unspecified atom stereocenters. The quantitative estimate of drug-likeness (QED) is 0.613. The first-order valence-electron chi connectivity index (χ1n) is 9.46. The van der Waals surface area contributed by atoms with Crippen molar-refractivity contribution in [2.75, 3.05) is 11.9 Å². The summed E-state index contributed by atoms with van der Waals surface area (Å²) in [5.41, 5.74) is 6.86. The molecule has 3 aromatic rings. The molecule has 1 aliphatic carbocycles. The average Bonchev–Trinajstić information content (AvgIpc) is 2.98. The van der Waals surface area contributed by atoms with Crippen molar-refractivity contribution < 1.29 is 0 Å². The maximum Gasteiger partial charge on any atom is 0.174 e. The second-order valence-corrected chi connectivity index (χ2v) is 7.82. The minimum atomic E-state index is 0.393. The van der Waals surface area contributed by atoms with Gasteiger partial charge in [-0.3, -0.25) is 0 Å². The lowest BCUT2D eigenvalue weighted by Gasteiger charge is -2.41. The fraction of sp³-hybridized carbons (Fsp3) is 0.318. The van der Waals surface area contributed by atoms with E-state index < -0.39 is 0 Å². The monoisotopic (exact) mass is 361 g/mol. The van der Waals surface area contributed by atoms with Gasteiger partial charge in [0, 0.05) is 35.4 Å². The van der Waals surface area contributed by atoms with E-state index in [-0.39, 0.29) is 0 Å². The van der Waals surface area contributed by atoms with Crippen molar-refractivity contribution in [1.82, 2.24) is 9.47 Å². The largest absolute Gasteiger partial charge is 0.341 e. The van der Waals surface area contributed by atoms with E-state index in [1.807, 2.05) is 18.2 Å². The Balaban J connectivity index is 1.54. The number of para-hydroxylation sites is 1. The molecule has 1 aliphatic heterocycles. The van der Waals surface area contributed by atoms with Crippen LogP contribution in [0.1, 0.15) is 35.7 Å². The van der Waals surface area contributed by atoms with Crippen molar-refractivity contribution in [2.24, 2.45) is 0 Å². The van der Waals surface area contributed by atoms with Crippen LogP contribution < -0.4 is 5.32 Å². The Morgan fingerprint density at radius 3 is 2.81 bits per heavy atom. The number of rotatable bonds is 1. The van der Waals surface area contributed by atoms with Gasteiger partial charge in [-0.1, -0.05) is 29.8 Å². The zero-order valence-corrected chi connectivity index (χ0v) is 15.9. The molecule has 0 fully saturated rings. The van der Waals surface area contributed by atoms with Crippen LogP contribution in [0.5, 0.6) is 0 Å². The molecule has 4 heteroatoms. The van der Waals surface area contributed by atoms with E-state index in [4.69, 9.17) is 12.2 Å². The fourth-order valence-electron chi connectivity index (χ4n) is 4.68. The lowest BCUT2D eigenvalue weighted by molar-refractivity contribution is 0.235. The van der Waals surface area contributed by atoms with Crippen molar-refractivity contribution in [3.8, 4) is 0 Å². The molecule has 5 rings (SSSR count). The summed E-state index contributed by atoms with van der Waals surface area (Å²) in [6.45, 7) is 4.16. The molecule has 1 atom stereocenters. The lowest BCUT2D eigenvalue weighted by Crippen LogP contribution is -2.45. The summed E-state index contributed by atoms with van der Waals surface area (Å²) in [6, 6.07) is 17.6. The average molecular weight is 362 g/mol. The molecule has 3 nitrogen and oxygen atoms in total. The number of fused-ring (bicyclic) bond motifs is 3. The summed E-state index contributed by atoms with van der Waals surface area (Å²) in [5.74, 6) is 0. The van der Waals surface area contributed by atoms with E-state index in [0.29, 0.717) is 6.04 Å². The molecule has 0 saturated heterocycles. The summed E-state index contributed by atoms with van der Waals surface area (Å²) in [4.78, 5) is 2.41. The topological polar surface area (TPSA) is 20.2 Å². The Kier molecular flexibility index (Phi) is 3.75. The third-order valence-electron chi connectivity index (χ3n) is 5.81. The van der Waals surface area contributed by atoms with Crippen LogP contribution in [0.4, 0.5) is 5.69 Å². The van der Waals surface area contributed by atoms with Crippen LogP contribution in [-0.2, 0) is 13.0 Å². The highest BCUT2D eigenvalue weighted by atomic mass is 32.1. The summed E-state index contributed by atoms with van der Waals surface area (Å²) >= 11 is 5.80. The van der Waals surface area contributed by atoms with E-state index in [2.05, 4.69) is 52.0 Å². The van der Waals surface area contributed by atoms with Gasteiger partial charge in [0.05, 0.1) is 6.04 Å². The van der Waals surface area contributed by atoms with Crippen molar-refractivity contribution in [1.29, 1.82) is 0 Å². The molecule has 132 valence electrons. The summed E-state index contributed by atoms with van der Waals surface area (Å²) < 4.78 is 2.55. The second kappa shape index (κ2) is 6.13. The minimum Gasteiger partial charge on any atom is -0.341 e. The number of nitrogens with zero attached hydrogens (tertiary/aromatic N) is 2. The van der Waals surface area contributed by atoms with Gasteiger partial charge in [0.2, 0.25) is 0 Å². The van der Waals surface area contributed by atoms with Crippen LogP contribution in [-0.4, -0.2) is 21.1 Å². The minimum absolute atomic E-state index is 0.393. The highest BCUT2D eigenvalue weighted by Gasteiger charge is 2.35. The predicted molar refractivity (Wildman–Crippen MR) is 112 cm³/mol. The Labute approximate surface area is 159 Å². The summed E-state index contributed by atoms with van der Waals surface area (Å²) in [5, 5.41) is 5.74. The van der Waals surface area contributed by atoms with Gasteiger partial charge >= 0.3 is 0 Å². The number of anilines is 1. The molecule has 0 saturated carbocycles. The molecule has 0 radical (unpaired) electrons. The zero-order valence-electron chi connectivity index (χ0n) is 15.0. The normalized spacial score (nSPS) is 18.7. The van der Waals surface area contributed by atoms with Gasteiger partial charge in [-0.25, -0.2) is 0 Å². The van der Waals surface area contributed by atoms with Gasteiger partial charge in [0.25, 0.3) is 0 Å². The van der Waals surface area contributed by atoms with Gasteiger partial charge in [-0.15, -0.1) is 0 Å². The van der Waals surface area contributed by atoms with Crippen molar-refractivity contribution in [2.45, 2.75) is 38.8 Å². The third-order valence-corrected chi connectivity index (χ3v) is 6.15. The van der Waals surface area contributed by atoms with Crippen molar-refractivity contribution >= 4 is 33.9 Å². The van der Waals surface area contributed by atoms with Crippen LogP contribution in [0.25, 0.3) is 10.9 Å². The molecule has 2 aliphatic rings. The van der Waals surface area contributed by atoms with E-state index >= 15 is 0 Å². The maximum absolute atomic E-state index is 5.80. The van der Waals surface area contributed by atoms with Crippen LogP contribution in [0.3, 0.4) is 0 Å². The fourth-order valence-corrected chi connectivity index (χ4v) is 5.01. The lowest BCUT2D eigenvalue weighted by atomic mass is 9.89. The van der Waals surface area contributed by atoms with Crippen molar-refractivity contribution in [3.63, 3.8) is 0 Å². The smallest absolute Gasteiger partial charge is 0.174 e. The summed E-state index contributed by atoms with van der Waals surface area (Å²) in [6.07, 6.45) is 3.60. The van der Waals surface area contributed by atoms with Gasteiger partial charge in [0.15, 0.2) is 5.11 Å². The van der Waals surface area contributed by atoms with E-state index in [1.165, 1.54) is 41.4 Å². The number of hydrogen-bond donors (Lipinski definition) is 1. The third kappa shape index (κ3) is 2.43. The van der Waals surface area contributed by atoms with E-state index in [0.717, 1.165) is 23.9 Å². The van der Waals surface area contributed by atoms with Crippen LogP contribution in [0, 0.1) is 6.92 Å². The van der Waals surface area contributed by atoms with E-state index in [1.54, 1.807) is 5.56 Å². The first-order valence-corrected chi connectivity index (χ1v) is 9.87. The Morgan fingerprint density at radius 2 is 1.96 bits per heavy atom. The Bertz CT molecular complexity index is 990. The summed E-state index contributed by atoms with van der Waals surface area (Å²) in [7, 11) is 0. The number of hydrogen-bond acceptors (Lipinski definition) is 1. The molecular formula is C22H23N3S. The molecule has 26 heavy (non-hydrogen) atoms. The van der Waals surface area contributed by atoms with Gasteiger partial charge in [-0.2, -0.15) is 0 Å². The van der Waals surface area contributed by atoms with Crippen molar-refractivity contribution in [3.05, 3.63) is 65.4 Å². The van der Waals surface area contributed by atoms with Gasteiger partial charge < -0.3 is 14.8 Å². The second-order valence-electron chi connectivity index (χ2n) is 7.43. The van der Waals surface area contributed by atoms with Crippen LogP contribution >= 0.6 is 12.2 Å². The first kappa shape index (κ1) is 15.9. The predicted octanol–water partition coefficient (Wildman–Crippen LogP) is 5.04.